The van der Waals surface area contributed by atoms with E-state index in [4.69, 9.17) is 0 Å². The largest absolute Gasteiger partial charge is 0.508 e. The van der Waals surface area contributed by atoms with Crippen LogP contribution in [0.4, 0.5) is 0 Å². The van der Waals surface area contributed by atoms with Gasteiger partial charge in [0.15, 0.2) is 0 Å². The number of aliphatic hydroxyl groups excluding tert-OH is 1. The molecule has 3 heteroatoms. The quantitative estimate of drug-likeness (QED) is 0.537. The lowest BCUT2D eigenvalue weighted by Gasteiger charge is -2.32. The molecule has 124 valence electrons. The molecule has 3 N–H and O–H groups in total. The third-order valence-electron chi connectivity index (χ3n) is 4.39. The van der Waals surface area contributed by atoms with Gasteiger partial charge in [0.05, 0.1) is 0 Å². The van der Waals surface area contributed by atoms with Crippen LogP contribution in [0.2, 0.25) is 0 Å². The molecule has 0 radical (unpaired) electrons. The van der Waals surface area contributed by atoms with Crippen LogP contribution in [0, 0.1) is 0 Å². The maximum Gasteiger partial charge on any atom is 0.115 e. The van der Waals surface area contributed by atoms with Gasteiger partial charge in [0.2, 0.25) is 0 Å². The van der Waals surface area contributed by atoms with E-state index in [1.165, 1.54) is 6.08 Å². The third-order valence-corrected chi connectivity index (χ3v) is 4.39. The van der Waals surface area contributed by atoms with Gasteiger partial charge in [-0.15, -0.1) is 0 Å². The van der Waals surface area contributed by atoms with Crippen LogP contribution in [0.3, 0.4) is 0 Å². The molecule has 0 amide bonds. The molecule has 0 aromatic heterocycles. The van der Waals surface area contributed by atoms with Crippen molar-refractivity contribution >= 4 is 0 Å². The second-order valence-electron chi connectivity index (χ2n) is 5.86. The van der Waals surface area contributed by atoms with Gasteiger partial charge in [0, 0.05) is 5.41 Å². The smallest absolute Gasteiger partial charge is 0.115 e. The first-order valence-electron chi connectivity index (χ1n) is 7.67. The minimum Gasteiger partial charge on any atom is -0.508 e. The Labute approximate surface area is 142 Å². The van der Waals surface area contributed by atoms with E-state index in [0.29, 0.717) is 0 Å². The minimum atomic E-state index is -0.487. The molecule has 0 bridgehead atoms. The molecule has 0 aliphatic rings. The van der Waals surface area contributed by atoms with E-state index in [1.54, 1.807) is 30.3 Å². The number of hydrogen-bond donors (Lipinski definition) is 3. The molecule has 0 atom stereocenters. The Balaban J connectivity index is 2.62. The molecule has 3 nitrogen and oxygen atoms in total. The highest BCUT2D eigenvalue weighted by atomic mass is 16.3. The summed E-state index contributed by atoms with van der Waals surface area (Å²) in [6.45, 7) is 7.58. The number of phenols is 2. The average Bonchev–Trinajstić information content (AvgIpc) is 2.59. The Morgan fingerprint density at radius 1 is 0.875 bits per heavy atom. The van der Waals surface area contributed by atoms with E-state index in [-0.39, 0.29) is 17.3 Å². The van der Waals surface area contributed by atoms with Crippen LogP contribution in [0.5, 0.6) is 11.5 Å². The zero-order valence-electron chi connectivity index (χ0n) is 13.9. The van der Waals surface area contributed by atoms with Crippen molar-refractivity contribution in [2.45, 2.75) is 19.3 Å². The second-order valence-corrected chi connectivity index (χ2v) is 5.86. The summed E-state index contributed by atoms with van der Waals surface area (Å²) in [6.07, 6.45) is 4.82. The highest BCUT2D eigenvalue weighted by molar-refractivity contribution is 5.50. The monoisotopic (exact) mass is 322 g/mol. The van der Waals surface area contributed by atoms with E-state index in [0.717, 1.165) is 16.7 Å². The van der Waals surface area contributed by atoms with Crippen LogP contribution in [-0.2, 0) is 5.41 Å². The number of rotatable bonds is 5. The number of phenolic OH excluding ortho intramolecular Hbond substituents is 2. The fourth-order valence-corrected chi connectivity index (χ4v) is 2.66. The Morgan fingerprint density at radius 2 is 1.29 bits per heavy atom. The van der Waals surface area contributed by atoms with Crippen molar-refractivity contribution in [3.8, 4) is 11.5 Å². The van der Waals surface area contributed by atoms with Crippen LogP contribution in [0.15, 0.2) is 84.7 Å². The maximum absolute atomic E-state index is 9.62. The van der Waals surface area contributed by atoms with Crippen LogP contribution in [0.1, 0.15) is 25.0 Å². The summed E-state index contributed by atoms with van der Waals surface area (Å²) in [7, 11) is 0. The van der Waals surface area contributed by atoms with Crippen molar-refractivity contribution in [2.24, 2.45) is 0 Å². The molecule has 0 fully saturated rings. The number of hydrogen-bond acceptors (Lipinski definition) is 3. The lowest BCUT2D eigenvalue weighted by Crippen LogP contribution is -2.25. The normalized spacial score (nSPS) is 12.9. The van der Waals surface area contributed by atoms with Gasteiger partial charge in [-0.2, -0.15) is 0 Å². The van der Waals surface area contributed by atoms with E-state index >= 15 is 0 Å². The lowest BCUT2D eigenvalue weighted by atomic mass is 9.71. The summed E-state index contributed by atoms with van der Waals surface area (Å²) >= 11 is 0. The van der Waals surface area contributed by atoms with Crippen molar-refractivity contribution in [1.82, 2.24) is 0 Å². The van der Waals surface area contributed by atoms with Crippen molar-refractivity contribution in [1.29, 1.82) is 0 Å². The van der Waals surface area contributed by atoms with Gasteiger partial charge < -0.3 is 15.3 Å². The lowest BCUT2D eigenvalue weighted by molar-refractivity contribution is 0.433. The van der Waals surface area contributed by atoms with E-state index < -0.39 is 5.41 Å². The molecule has 2 aromatic rings. The summed E-state index contributed by atoms with van der Waals surface area (Å²) in [4.78, 5) is 0. The predicted octanol–water partition coefficient (Wildman–Crippen LogP) is 4.98. The number of aromatic hydroxyl groups is 2. The predicted molar refractivity (Wildman–Crippen MR) is 97.3 cm³/mol. The standard InChI is InChI=1S/C21H22O3/c1-4-18(22)10-5-15(2)21(3,16-6-11-19(23)12-7-16)17-8-13-20(24)14-9-17/h4-14,22-24H,1H2,2-3H3/b15-5+,18-10+. The molecule has 0 aliphatic carbocycles. The molecular formula is C21H22O3. The Bertz CT molecular complexity index is 720. The SMILES string of the molecule is C=C/C(O)=C\C=C(/C)C(C)(c1ccc(O)cc1)c1ccc(O)cc1. The summed E-state index contributed by atoms with van der Waals surface area (Å²) in [6, 6.07) is 14.1. The van der Waals surface area contributed by atoms with Crippen LogP contribution >= 0.6 is 0 Å². The molecular weight excluding hydrogens is 300 g/mol. The van der Waals surface area contributed by atoms with Crippen LogP contribution in [0.25, 0.3) is 0 Å². The highest BCUT2D eigenvalue weighted by Crippen LogP contribution is 2.39. The highest BCUT2D eigenvalue weighted by Gasteiger charge is 2.30. The van der Waals surface area contributed by atoms with E-state index in [9.17, 15) is 15.3 Å². The molecule has 0 heterocycles. The van der Waals surface area contributed by atoms with Gasteiger partial charge in [-0.3, -0.25) is 0 Å². The van der Waals surface area contributed by atoms with Crippen molar-refractivity contribution in [2.75, 3.05) is 0 Å². The molecule has 0 spiro atoms. The zero-order chi connectivity index (χ0) is 17.7. The van der Waals surface area contributed by atoms with Gasteiger partial charge in [0.25, 0.3) is 0 Å². The van der Waals surface area contributed by atoms with E-state index in [1.807, 2.05) is 37.3 Å². The minimum absolute atomic E-state index is 0.0908. The van der Waals surface area contributed by atoms with Crippen LogP contribution < -0.4 is 0 Å². The third kappa shape index (κ3) is 3.51. The summed E-state index contributed by atoms with van der Waals surface area (Å²) < 4.78 is 0. The molecule has 0 saturated heterocycles. The molecule has 2 rings (SSSR count). The topological polar surface area (TPSA) is 60.7 Å². The Hall–Kier alpha value is -2.94. The molecule has 0 aliphatic heterocycles. The maximum atomic E-state index is 9.62. The van der Waals surface area contributed by atoms with Gasteiger partial charge in [0.1, 0.15) is 17.3 Å². The van der Waals surface area contributed by atoms with Crippen molar-refractivity contribution < 1.29 is 15.3 Å². The molecule has 0 saturated carbocycles. The molecule has 0 unspecified atom stereocenters. The Kier molecular flexibility index (Phi) is 5.14. The molecule has 24 heavy (non-hydrogen) atoms. The van der Waals surface area contributed by atoms with Gasteiger partial charge in [-0.05, 0) is 61.4 Å². The fraction of sp³-hybridized carbons (Fsp3) is 0.143. The van der Waals surface area contributed by atoms with Gasteiger partial charge in [-0.1, -0.05) is 42.5 Å². The Morgan fingerprint density at radius 3 is 1.67 bits per heavy atom. The first kappa shape index (κ1) is 17.4. The zero-order valence-corrected chi connectivity index (χ0v) is 13.9. The number of aliphatic hydroxyl groups is 1. The van der Waals surface area contributed by atoms with Gasteiger partial charge in [-0.25, -0.2) is 0 Å². The summed E-state index contributed by atoms with van der Waals surface area (Å²) in [5.74, 6) is 0.503. The van der Waals surface area contributed by atoms with Crippen molar-refractivity contribution in [3.63, 3.8) is 0 Å². The summed E-state index contributed by atoms with van der Waals surface area (Å²) in [5.41, 5.74) is 2.49. The van der Waals surface area contributed by atoms with Crippen molar-refractivity contribution in [3.05, 3.63) is 95.8 Å². The average molecular weight is 322 g/mol. The fourth-order valence-electron chi connectivity index (χ4n) is 2.66. The number of allylic oxidation sites excluding steroid dienone is 4. The van der Waals surface area contributed by atoms with Gasteiger partial charge >= 0.3 is 0 Å². The molecule has 2 aromatic carbocycles. The summed E-state index contributed by atoms with van der Waals surface area (Å²) in [5, 5.41) is 28.8. The first-order valence-corrected chi connectivity index (χ1v) is 7.67. The second kappa shape index (κ2) is 7.09. The van der Waals surface area contributed by atoms with Crippen LogP contribution in [-0.4, -0.2) is 15.3 Å². The first-order chi connectivity index (χ1) is 11.4. The number of benzene rings is 2. The van der Waals surface area contributed by atoms with E-state index in [2.05, 4.69) is 13.5 Å².